The van der Waals surface area contributed by atoms with Gasteiger partial charge in [-0.15, -0.1) is 4.80 Å². The molecule has 3 aromatic heterocycles. The number of alkyl halides is 3. The molecule has 0 atom stereocenters. The van der Waals surface area contributed by atoms with E-state index in [-0.39, 0.29) is 27.7 Å². The van der Waals surface area contributed by atoms with E-state index in [9.17, 15) is 32.2 Å². The molecular weight excluding hydrogens is 633 g/mol. The smallest absolute Gasteiger partial charge is 0.320 e. The van der Waals surface area contributed by atoms with E-state index in [2.05, 4.69) is 59.3 Å². The first-order valence-electron chi connectivity index (χ1n) is 10.0. The predicted octanol–water partition coefficient (Wildman–Crippen LogP) is 6.65. The van der Waals surface area contributed by atoms with E-state index in [1.54, 1.807) is 0 Å². The van der Waals surface area contributed by atoms with Crippen molar-refractivity contribution < 1.29 is 26.9 Å². The second-order valence-electron chi connectivity index (χ2n) is 7.15. The number of nitriles is 1. The van der Waals surface area contributed by atoms with Crippen LogP contribution in [0.2, 0.25) is 5.02 Å². The Bertz CT molecular complexity index is 1580. The topological polar surface area (TPSA) is 131 Å². The van der Waals surface area contributed by atoms with Crippen molar-refractivity contribution in [3.05, 3.63) is 82.3 Å². The van der Waals surface area contributed by atoms with Crippen LogP contribution in [0.3, 0.4) is 0 Å². The molecule has 10 nitrogen and oxygen atoms in total. The molecule has 1 aromatic carbocycles. The summed E-state index contributed by atoms with van der Waals surface area (Å²) in [6.07, 6.45) is -0.347. The van der Waals surface area contributed by atoms with Gasteiger partial charge in [0.1, 0.15) is 17.4 Å². The molecule has 204 valence electrons. The Morgan fingerprint density at radius 3 is 2.36 bits per heavy atom. The van der Waals surface area contributed by atoms with Crippen LogP contribution in [0, 0.1) is 17.1 Å². The van der Waals surface area contributed by atoms with Crippen molar-refractivity contribution in [3.63, 3.8) is 0 Å². The minimum atomic E-state index is -4.96. The lowest BCUT2D eigenvalue weighted by Gasteiger charge is -2.14. The summed E-state index contributed by atoms with van der Waals surface area (Å²) in [4.78, 5) is 17.8. The lowest BCUT2D eigenvalue weighted by atomic mass is 10.2. The number of hydrogen-bond donors (Lipinski definition) is 1. The van der Waals surface area contributed by atoms with Gasteiger partial charge in [0, 0.05) is 0 Å². The van der Waals surface area contributed by atoms with Crippen LogP contribution in [0.25, 0.3) is 5.82 Å². The van der Waals surface area contributed by atoms with Gasteiger partial charge in [-0.05, 0) is 51.4 Å². The Hall–Kier alpha value is -3.21. The molecule has 0 spiro atoms. The van der Waals surface area contributed by atoms with Gasteiger partial charge in [-0.2, -0.15) is 33.7 Å². The maximum Gasteiger partial charge on any atom is 0.433 e. The molecule has 0 saturated carbocycles. The maximum atomic E-state index is 13.8. The average Bonchev–Trinajstić information content (AvgIpc) is 3.51. The van der Waals surface area contributed by atoms with Crippen LogP contribution in [-0.2, 0) is 17.3 Å². The third-order valence-electron chi connectivity index (χ3n) is 4.56. The number of rotatable bonds is 5. The molecule has 0 fully saturated rings. The Labute approximate surface area is 235 Å². The third-order valence-corrected chi connectivity index (χ3v) is 4.98. The van der Waals surface area contributed by atoms with E-state index in [0.717, 1.165) is 23.3 Å². The first-order valence-corrected chi connectivity index (χ1v) is 14.8. The highest BCUT2D eigenvalue weighted by Crippen LogP contribution is 2.61. The van der Waals surface area contributed by atoms with Crippen molar-refractivity contribution in [2.24, 2.45) is 0 Å². The zero-order valence-corrected chi connectivity index (χ0v) is 22.7. The molecule has 39 heavy (non-hydrogen) atoms. The monoisotopic (exact) mass is 642 g/mol. The number of pyridine rings is 1. The quantitative estimate of drug-likeness (QED) is 0.190. The normalized spacial score (nSPS) is 11.4. The standard InChI is InChI=1S/C20H11ClF4N8O.Cl3OP/c21-16-11(2-1-3-15(16)22)10-32-17(20(23,24)25)14(9-30-32)19(34)31-13-6-12(7-26)18(27-8-13)33-28-4-5-29-33;1-5(2,3)4/h1-6,8-9H,10H2,(H,31,34);. The first-order chi connectivity index (χ1) is 18.2. The molecule has 3 heterocycles. The predicted molar refractivity (Wildman–Crippen MR) is 135 cm³/mol. The highest BCUT2D eigenvalue weighted by atomic mass is 36.0. The zero-order valence-electron chi connectivity index (χ0n) is 18.7. The van der Waals surface area contributed by atoms with E-state index >= 15 is 0 Å². The van der Waals surface area contributed by atoms with Gasteiger partial charge in [0.15, 0.2) is 11.5 Å². The summed E-state index contributed by atoms with van der Waals surface area (Å²) in [5, 5.41) is 19.4. The number of hydrogen-bond acceptors (Lipinski definition) is 7. The summed E-state index contributed by atoms with van der Waals surface area (Å²) < 4.78 is 65.2. The van der Waals surface area contributed by atoms with Crippen LogP contribution in [-0.4, -0.2) is 35.7 Å². The van der Waals surface area contributed by atoms with E-state index in [1.807, 2.05) is 6.07 Å². The van der Waals surface area contributed by atoms with Gasteiger partial charge >= 0.3 is 11.4 Å². The lowest BCUT2D eigenvalue weighted by molar-refractivity contribution is -0.144. The van der Waals surface area contributed by atoms with Crippen LogP contribution in [0.15, 0.2) is 49.1 Å². The summed E-state index contributed by atoms with van der Waals surface area (Å²) >= 11 is 19.7. The summed E-state index contributed by atoms with van der Waals surface area (Å²) in [6.45, 7) is -0.523. The summed E-state index contributed by atoms with van der Waals surface area (Å²) in [5.41, 5.74) is -2.14. The summed E-state index contributed by atoms with van der Waals surface area (Å²) in [7, 11) is 0. The number of carbonyl (C=O) groups is 1. The van der Waals surface area contributed by atoms with Crippen LogP contribution in [0.4, 0.5) is 23.2 Å². The van der Waals surface area contributed by atoms with Gasteiger partial charge in [0.25, 0.3) is 5.91 Å². The second-order valence-corrected chi connectivity index (χ2v) is 14.2. The van der Waals surface area contributed by atoms with Gasteiger partial charge in [0.2, 0.25) is 0 Å². The second kappa shape index (κ2) is 12.3. The SMILES string of the molecule is N#Cc1cc(NC(=O)c2cnn(Cc3cccc(F)c3Cl)c2C(F)(F)F)cnc1-n1nccn1.O=P(Cl)(Cl)Cl. The van der Waals surface area contributed by atoms with Gasteiger partial charge in [-0.1, -0.05) is 23.7 Å². The molecule has 0 bridgehead atoms. The Morgan fingerprint density at radius 1 is 1.13 bits per heavy atom. The minimum absolute atomic E-state index is 0.0264. The number of carbonyl (C=O) groups excluding carboxylic acids is 1. The molecule has 0 radical (unpaired) electrons. The molecule has 0 aliphatic heterocycles. The van der Waals surface area contributed by atoms with Gasteiger partial charge in [-0.3, -0.25) is 14.0 Å². The van der Waals surface area contributed by atoms with Gasteiger partial charge < -0.3 is 5.32 Å². The van der Waals surface area contributed by atoms with Crippen molar-refractivity contribution in [3.8, 4) is 11.9 Å². The van der Waals surface area contributed by atoms with E-state index in [0.29, 0.717) is 4.68 Å². The molecule has 0 unspecified atom stereocenters. The Kier molecular flexibility index (Phi) is 9.58. The van der Waals surface area contributed by atoms with E-state index in [1.165, 1.54) is 30.6 Å². The van der Waals surface area contributed by atoms with Crippen LogP contribution < -0.4 is 5.32 Å². The molecule has 0 saturated heterocycles. The van der Waals surface area contributed by atoms with Gasteiger partial charge in [-0.25, -0.2) is 9.37 Å². The van der Waals surface area contributed by atoms with Crippen molar-refractivity contribution in [1.82, 2.24) is 29.8 Å². The molecular formula is C20H11Cl4F4N8O2P. The number of anilines is 1. The Morgan fingerprint density at radius 2 is 1.77 bits per heavy atom. The highest BCUT2D eigenvalue weighted by Gasteiger charge is 2.40. The van der Waals surface area contributed by atoms with Crippen molar-refractivity contribution in [1.29, 1.82) is 5.26 Å². The number of nitrogens with one attached hydrogen (secondary N) is 1. The third kappa shape index (κ3) is 8.14. The van der Waals surface area contributed by atoms with E-state index in [4.69, 9.17) is 11.6 Å². The fourth-order valence-electron chi connectivity index (χ4n) is 3.09. The summed E-state index contributed by atoms with van der Waals surface area (Å²) in [6, 6.07) is 6.78. The molecule has 4 aromatic rings. The average molecular weight is 644 g/mol. The zero-order chi connectivity index (χ0) is 29.0. The minimum Gasteiger partial charge on any atom is -0.320 e. The summed E-state index contributed by atoms with van der Waals surface area (Å²) in [5.74, 6) is -1.87. The van der Waals surface area contributed by atoms with Crippen molar-refractivity contribution in [2.45, 2.75) is 12.7 Å². The first kappa shape index (κ1) is 30.3. The highest BCUT2D eigenvalue weighted by molar-refractivity contribution is 8.24. The van der Waals surface area contributed by atoms with Gasteiger partial charge in [0.05, 0.1) is 47.6 Å². The number of benzene rings is 1. The number of nitrogens with zero attached hydrogens (tertiary/aromatic N) is 7. The molecule has 1 N–H and O–H groups in total. The maximum absolute atomic E-state index is 13.8. The fraction of sp³-hybridized carbons (Fsp3) is 0.100. The molecule has 19 heteroatoms. The largest absolute Gasteiger partial charge is 0.433 e. The van der Waals surface area contributed by atoms with E-state index < -0.39 is 40.9 Å². The number of aromatic nitrogens is 6. The molecule has 4 rings (SSSR count). The van der Waals surface area contributed by atoms with Crippen LogP contribution >= 0.6 is 50.5 Å². The molecule has 0 aliphatic carbocycles. The lowest BCUT2D eigenvalue weighted by Crippen LogP contribution is -2.22. The molecule has 0 aliphatic rings. The molecule has 1 amide bonds. The van der Waals surface area contributed by atoms with Crippen LogP contribution in [0.1, 0.15) is 27.2 Å². The number of halogens is 8. The Balaban J connectivity index is 0.000000771. The number of amides is 1. The van der Waals surface area contributed by atoms with Crippen molar-refractivity contribution >= 4 is 62.1 Å². The fourth-order valence-corrected chi connectivity index (χ4v) is 3.28. The van der Waals surface area contributed by atoms with Crippen molar-refractivity contribution in [2.75, 3.05) is 5.32 Å². The van der Waals surface area contributed by atoms with Crippen LogP contribution in [0.5, 0.6) is 0 Å².